The number of hydrogen-bond donors (Lipinski definition) is 2. The molecule has 0 amide bonds. The number of rotatable bonds is 3. The molecule has 2 aromatic heterocycles. The smallest absolute Gasteiger partial charge is 0.238 e. The molecule has 24 heavy (non-hydrogen) atoms. The van der Waals surface area contributed by atoms with Crippen molar-refractivity contribution in [3.05, 3.63) is 41.2 Å². The van der Waals surface area contributed by atoms with Crippen molar-refractivity contribution in [2.45, 2.75) is 18.7 Å². The highest BCUT2D eigenvalue weighted by atomic mass is 32.2. The Bertz CT molecular complexity index is 1030. The molecule has 7 nitrogen and oxygen atoms in total. The summed E-state index contributed by atoms with van der Waals surface area (Å²) in [6.07, 6.45) is 3.21. The van der Waals surface area contributed by atoms with Crippen LogP contribution in [0.4, 0.5) is 5.82 Å². The molecule has 3 aromatic rings. The fraction of sp³-hybridized carbons (Fsp3) is 0.133. The Labute approximate surface area is 143 Å². The van der Waals surface area contributed by atoms with Crippen LogP contribution in [0.15, 0.2) is 35.5 Å². The van der Waals surface area contributed by atoms with Crippen LogP contribution >= 0.6 is 11.3 Å². The normalized spacial score (nSPS) is 11.6. The molecular weight excluding hydrogens is 346 g/mol. The molecule has 0 fully saturated rings. The highest BCUT2D eigenvalue weighted by Gasteiger charge is 2.15. The number of nitrogen functional groups attached to an aromatic ring is 1. The lowest BCUT2D eigenvalue weighted by molar-refractivity contribution is 0.598. The number of nitrogens with zero attached hydrogens (tertiary/aromatic N) is 3. The quantitative estimate of drug-likeness (QED) is 0.736. The first-order valence-electron chi connectivity index (χ1n) is 6.95. The number of aromatic nitrogens is 3. The zero-order chi connectivity index (χ0) is 17.5. The van der Waals surface area contributed by atoms with E-state index in [1.165, 1.54) is 29.7 Å². The van der Waals surface area contributed by atoms with E-state index in [1.807, 2.05) is 13.8 Å². The van der Waals surface area contributed by atoms with Crippen LogP contribution in [-0.2, 0) is 10.0 Å². The Morgan fingerprint density at radius 1 is 1.12 bits per heavy atom. The Kier molecular flexibility index (Phi) is 4.08. The van der Waals surface area contributed by atoms with E-state index in [2.05, 4.69) is 15.0 Å². The Balaban J connectivity index is 2.17. The highest BCUT2D eigenvalue weighted by molar-refractivity contribution is 7.89. The van der Waals surface area contributed by atoms with E-state index in [0.717, 1.165) is 15.4 Å². The van der Waals surface area contributed by atoms with Crippen molar-refractivity contribution >= 4 is 27.2 Å². The molecule has 1 aromatic carbocycles. The highest BCUT2D eigenvalue weighted by Crippen LogP contribution is 2.31. The molecule has 0 unspecified atom stereocenters. The van der Waals surface area contributed by atoms with E-state index in [-0.39, 0.29) is 4.90 Å². The van der Waals surface area contributed by atoms with Crippen LogP contribution in [0.25, 0.3) is 21.8 Å². The number of anilines is 1. The Hall–Kier alpha value is -2.36. The van der Waals surface area contributed by atoms with Gasteiger partial charge >= 0.3 is 0 Å². The van der Waals surface area contributed by atoms with Gasteiger partial charge in [-0.2, -0.15) is 0 Å². The molecule has 0 bridgehead atoms. The maximum absolute atomic E-state index is 11.6. The third-order valence-electron chi connectivity index (χ3n) is 3.47. The number of primary sulfonamides is 1. The van der Waals surface area contributed by atoms with E-state index >= 15 is 0 Å². The van der Waals surface area contributed by atoms with Crippen molar-refractivity contribution in [2.24, 2.45) is 5.14 Å². The second kappa shape index (κ2) is 5.93. The first-order chi connectivity index (χ1) is 11.3. The lowest BCUT2D eigenvalue weighted by Gasteiger charge is -2.09. The number of hydrogen-bond acceptors (Lipinski definition) is 7. The number of sulfonamides is 1. The van der Waals surface area contributed by atoms with Crippen LogP contribution in [-0.4, -0.2) is 23.4 Å². The van der Waals surface area contributed by atoms with Crippen molar-refractivity contribution in [2.75, 3.05) is 5.73 Å². The summed E-state index contributed by atoms with van der Waals surface area (Å²) >= 11 is 1.46. The fourth-order valence-electron chi connectivity index (χ4n) is 2.23. The van der Waals surface area contributed by atoms with Gasteiger partial charge in [-0.15, -0.1) is 11.3 Å². The van der Waals surface area contributed by atoms with Crippen molar-refractivity contribution < 1.29 is 8.42 Å². The first-order valence-corrected chi connectivity index (χ1v) is 9.31. The number of aryl methyl sites for hydroxylation is 2. The van der Waals surface area contributed by atoms with Gasteiger partial charge in [0.25, 0.3) is 0 Å². The van der Waals surface area contributed by atoms with Crippen LogP contribution in [0.3, 0.4) is 0 Å². The number of thiazole rings is 1. The van der Waals surface area contributed by atoms with Gasteiger partial charge in [0.15, 0.2) is 5.82 Å². The molecule has 0 aliphatic heterocycles. The summed E-state index contributed by atoms with van der Waals surface area (Å²) in [6, 6.07) is 4.64. The van der Waals surface area contributed by atoms with Gasteiger partial charge < -0.3 is 5.73 Å². The van der Waals surface area contributed by atoms with Gasteiger partial charge in [-0.3, -0.25) is 0 Å². The second-order valence-corrected chi connectivity index (χ2v) is 8.05. The van der Waals surface area contributed by atoms with E-state index in [0.29, 0.717) is 22.8 Å². The number of benzene rings is 1. The van der Waals surface area contributed by atoms with Crippen molar-refractivity contribution in [1.82, 2.24) is 15.0 Å². The molecule has 0 saturated heterocycles. The largest absolute Gasteiger partial charge is 0.382 e. The average molecular weight is 361 g/mol. The maximum Gasteiger partial charge on any atom is 0.238 e. The van der Waals surface area contributed by atoms with E-state index < -0.39 is 10.0 Å². The van der Waals surface area contributed by atoms with Crippen LogP contribution < -0.4 is 10.9 Å². The number of nitrogens with two attached hydrogens (primary N) is 2. The summed E-state index contributed by atoms with van der Waals surface area (Å²) in [5.74, 6) is 0.294. The zero-order valence-corrected chi connectivity index (χ0v) is 14.6. The molecule has 124 valence electrons. The van der Waals surface area contributed by atoms with E-state index in [1.54, 1.807) is 12.3 Å². The summed E-state index contributed by atoms with van der Waals surface area (Å²) in [7, 11) is -3.80. The van der Waals surface area contributed by atoms with E-state index in [4.69, 9.17) is 10.9 Å². The summed E-state index contributed by atoms with van der Waals surface area (Å²) < 4.78 is 23.2. The minimum Gasteiger partial charge on any atom is -0.382 e. The Morgan fingerprint density at radius 3 is 2.50 bits per heavy atom. The first kappa shape index (κ1) is 16.5. The summed E-state index contributed by atoms with van der Waals surface area (Å²) in [5.41, 5.74) is 8.47. The standard InChI is InChI=1S/C15H15N5O2S2/c1-8-3-4-10(24(17,21)22)5-11(8)12-6-19-15(16)14(20-12)13-7-18-9(2)23-13/h3-7H,1-2H3,(H2,16,19)(H2,17,21,22). The third kappa shape index (κ3) is 3.14. The monoisotopic (exact) mass is 361 g/mol. The summed E-state index contributed by atoms with van der Waals surface area (Å²) in [4.78, 5) is 13.8. The second-order valence-electron chi connectivity index (χ2n) is 5.25. The van der Waals surface area contributed by atoms with Gasteiger partial charge in [-0.25, -0.2) is 28.5 Å². The molecule has 0 atom stereocenters. The molecule has 4 N–H and O–H groups in total. The van der Waals surface area contributed by atoms with Gasteiger partial charge in [0.2, 0.25) is 10.0 Å². The molecular formula is C15H15N5O2S2. The molecule has 0 aliphatic rings. The van der Waals surface area contributed by atoms with Crippen LogP contribution in [0, 0.1) is 13.8 Å². The van der Waals surface area contributed by atoms with Crippen molar-refractivity contribution in [3.63, 3.8) is 0 Å². The van der Waals surface area contributed by atoms with Gasteiger partial charge in [-0.05, 0) is 31.5 Å². The Morgan fingerprint density at radius 2 is 1.88 bits per heavy atom. The van der Waals surface area contributed by atoms with Crippen LogP contribution in [0.2, 0.25) is 0 Å². The van der Waals surface area contributed by atoms with Crippen molar-refractivity contribution in [1.29, 1.82) is 0 Å². The molecule has 3 rings (SSSR count). The van der Waals surface area contributed by atoms with Gasteiger partial charge in [-0.1, -0.05) is 6.07 Å². The molecule has 0 radical (unpaired) electrons. The SMILES string of the molecule is Cc1ncc(-c2nc(-c3cc(S(N)(=O)=O)ccc3C)cnc2N)s1. The molecule has 9 heteroatoms. The van der Waals surface area contributed by atoms with Gasteiger partial charge in [0.05, 0.1) is 26.7 Å². The van der Waals surface area contributed by atoms with Gasteiger partial charge in [0, 0.05) is 11.8 Å². The lowest BCUT2D eigenvalue weighted by atomic mass is 10.1. The lowest BCUT2D eigenvalue weighted by Crippen LogP contribution is -2.12. The predicted octanol–water partition coefficient (Wildman–Crippen LogP) is 2.11. The van der Waals surface area contributed by atoms with Crippen LogP contribution in [0.5, 0.6) is 0 Å². The minimum absolute atomic E-state index is 0.0249. The molecule has 0 spiro atoms. The average Bonchev–Trinajstić information content (AvgIpc) is 2.93. The minimum atomic E-state index is -3.80. The van der Waals surface area contributed by atoms with Crippen LogP contribution in [0.1, 0.15) is 10.6 Å². The summed E-state index contributed by atoms with van der Waals surface area (Å²) in [6.45, 7) is 3.75. The molecule has 2 heterocycles. The molecule has 0 aliphatic carbocycles. The topological polar surface area (TPSA) is 125 Å². The van der Waals surface area contributed by atoms with Gasteiger partial charge in [0.1, 0.15) is 5.69 Å². The zero-order valence-electron chi connectivity index (χ0n) is 13.0. The molecule has 0 saturated carbocycles. The third-order valence-corrected chi connectivity index (χ3v) is 5.30. The van der Waals surface area contributed by atoms with E-state index in [9.17, 15) is 8.42 Å². The fourth-order valence-corrected chi connectivity index (χ4v) is 3.55. The predicted molar refractivity (Wildman–Crippen MR) is 93.8 cm³/mol. The maximum atomic E-state index is 11.6. The van der Waals surface area contributed by atoms with Crippen molar-refractivity contribution in [3.8, 4) is 21.8 Å². The summed E-state index contributed by atoms with van der Waals surface area (Å²) in [5, 5.41) is 6.10.